The second kappa shape index (κ2) is 6.69. The van der Waals surface area contributed by atoms with Crippen LogP contribution in [0.4, 0.5) is 0 Å². The van der Waals surface area contributed by atoms with Crippen LogP contribution in [0, 0.1) is 0 Å². The van der Waals surface area contributed by atoms with Gasteiger partial charge in [-0.15, -0.1) is 0 Å². The highest BCUT2D eigenvalue weighted by atomic mass is 16.7. The number of aliphatic hydroxyl groups is 4. The van der Waals surface area contributed by atoms with Crippen LogP contribution in [0.5, 0.6) is 0 Å². The second-order valence-electron chi connectivity index (χ2n) is 5.20. The number of carbonyl (C=O) groups is 1. The van der Waals surface area contributed by atoms with Gasteiger partial charge in [-0.1, -0.05) is 30.3 Å². The summed E-state index contributed by atoms with van der Waals surface area (Å²) >= 11 is 0. The summed E-state index contributed by atoms with van der Waals surface area (Å²) in [5, 5.41) is 50.3. The average molecular weight is 313 g/mol. The number of carboxylic acid groups (broad SMARTS) is 1. The van der Waals surface area contributed by atoms with Crippen LogP contribution in [0.1, 0.15) is 5.56 Å². The van der Waals surface area contributed by atoms with Gasteiger partial charge in [0.05, 0.1) is 6.61 Å². The van der Waals surface area contributed by atoms with E-state index >= 15 is 0 Å². The first-order valence-corrected chi connectivity index (χ1v) is 6.79. The third kappa shape index (κ3) is 3.43. The van der Waals surface area contributed by atoms with E-state index < -0.39 is 42.8 Å². The van der Waals surface area contributed by atoms with E-state index in [0.29, 0.717) is 5.56 Å². The summed E-state index contributed by atoms with van der Waals surface area (Å²) in [4.78, 5) is 11.4. The first-order chi connectivity index (χ1) is 10.4. The summed E-state index contributed by atoms with van der Waals surface area (Å²) in [7, 11) is 0. The number of aliphatic carboxylic acids is 1. The largest absolute Gasteiger partial charge is 0.480 e. The zero-order chi connectivity index (χ0) is 16.3. The van der Waals surface area contributed by atoms with Crippen molar-refractivity contribution in [2.24, 2.45) is 0 Å². The van der Waals surface area contributed by atoms with Crippen LogP contribution in [0.25, 0.3) is 0 Å². The molecule has 0 aromatic heterocycles. The molecule has 0 amide bonds. The van der Waals surface area contributed by atoms with Crippen LogP contribution < -0.4 is 5.32 Å². The number of ether oxygens (including phenoxy) is 1. The predicted octanol–water partition coefficient (Wildman–Crippen LogP) is -1.97. The molecule has 0 bridgehead atoms. The molecule has 1 heterocycles. The number of carboxylic acids is 1. The Hall–Kier alpha value is -1.55. The summed E-state index contributed by atoms with van der Waals surface area (Å²) in [6.45, 7) is -0.626. The normalized spacial score (nSPS) is 32.8. The summed E-state index contributed by atoms with van der Waals surface area (Å²) in [5.41, 5.74) is 0.706. The van der Waals surface area contributed by atoms with Crippen LogP contribution in [-0.4, -0.2) is 68.4 Å². The molecule has 6 N–H and O–H groups in total. The van der Waals surface area contributed by atoms with E-state index in [4.69, 9.17) is 9.84 Å². The smallest absolute Gasteiger partial charge is 0.321 e. The van der Waals surface area contributed by atoms with E-state index in [1.54, 1.807) is 30.3 Å². The zero-order valence-electron chi connectivity index (χ0n) is 11.7. The van der Waals surface area contributed by atoms with E-state index in [0.717, 1.165) is 0 Å². The highest BCUT2D eigenvalue weighted by molar-refractivity contribution is 5.74. The Kier molecular flexibility index (Phi) is 5.12. The molecule has 0 unspecified atom stereocenters. The van der Waals surface area contributed by atoms with E-state index in [9.17, 15) is 25.2 Å². The highest BCUT2D eigenvalue weighted by Crippen LogP contribution is 2.27. The topological polar surface area (TPSA) is 139 Å². The van der Waals surface area contributed by atoms with Gasteiger partial charge in [-0.3, -0.25) is 10.1 Å². The fourth-order valence-electron chi connectivity index (χ4n) is 2.37. The lowest BCUT2D eigenvalue weighted by Crippen LogP contribution is -2.60. The molecule has 1 aliphatic heterocycles. The molecule has 122 valence electrons. The third-order valence-electron chi connectivity index (χ3n) is 3.58. The van der Waals surface area contributed by atoms with Crippen LogP contribution in [0.15, 0.2) is 30.3 Å². The predicted molar refractivity (Wildman–Crippen MR) is 73.6 cm³/mol. The Bertz CT molecular complexity index is 511. The van der Waals surface area contributed by atoms with Crippen molar-refractivity contribution < 1.29 is 35.1 Å². The van der Waals surface area contributed by atoms with Crippen molar-refractivity contribution >= 4 is 5.97 Å². The lowest BCUT2D eigenvalue weighted by Gasteiger charge is -2.30. The minimum atomic E-state index is -2.45. The molecule has 0 spiro atoms. The van der Waals surface area contributed by atoms with Gasteiger partial charge in [0.25, 0.3) is 5.91 Å². The van der Waals surface area contributed by atoms with Crippen LogP contribution >= 0.6 is 0 Å². The molecule has 8 nitrogen and oxygen atoms in total. The Morgan fingerprint density at radius 3 is 2.45 bits per heavy atom. The SMILES string of the molecule is O=C(O)[C@H](Cc1ccccc1)N[C@]1(O)O[C@H](CO)[C@@H](O)[C@H]1O. The first-order valence-electron chi connectivity index (χ1n) is 6.79. The summed E-state index contributed by atoms with van der Waals surface area (Å²) in [6.07, 6.45) is -4.50. The molecular weight excluding hydrogens is 294 g/mol. The maximum absolute atomic E-state index is 11.4. The Balaban J connectivity index is 2.12. The number of rotatable bonds is 6. The molecular formula is C14H19NO7. The van der Waals surface area contributed by atoms with E-state index in [2.05, 4.69) is 5.32 Å². The quantitative estimate of drug-likeness (QED) is 0.332. The molecule has 1 aromatic rings. The van der Waals surface area contributed by atoms with Crippen molar-refractivity contribution in [2.45, 2.75) is 36.7 Å². The van der Waals surface area contributed by atoms with Gasteiger partial charge in [-0.2, -0.15) is 0 Å². The molecule has 0 saturated carbocycles. The van der Waals surface area contributed by atoms with E-state index in [-0.39, 0.29) is 6.42 Å². The molecule has 1 aromatic carbocycles. The average Bonchev–Trinajstić information content (AvgIpc) is 2.72. The van der Waals surface area contributed by atoms with Gasteiger partial charge in [-0.25, -0.2) is 0 Å². The molecule has 2 rings (SSSR count). The van der Waals surface area contributed by atoms with Crippen LogP contribution in [0.3, 0.4) is 0 Å². The second-order valence-corrected chi connectivity index (χ2v) is 5.20. The van der Waals surface area contributed by atoms with Gasteiger partial charge >= 0.3 is 5.97 Å². The number of benzene rings is 1. The number of nitrogens with one attached hydrogen (secondary N) is 1. The maximum Gasteiger partial charge on any atom is 0.321 e. The number of hydrogen-bond donors (Lipinski definition) is 6. The minimum absolute atomic E-state index is 0.0362. The van der Waals surface area contributed by atoms with E-state index in [1.807, 2.05) is 0 Å². The van der Waals surface area contributed by atoms with Gasteiger partial charge in [0.1, 0.15) is 18.2 Å². The Labute approximate surface area is 126 Å². The lowest BCUT2D eigenvalue weighted by atomic mass is 10.0. The Morgan fingerprint density at radius 2 is 1.95 bits per heavy atom. The van der Waals surface area contributed by atoms with Crippen molar-refractivity contribution in [3.8, 4) is 0 Å². The molecule has 1 aliphatic rings. The summed E-state index contributed by atoms with van der Waals surface area (Å²) in [5.74, 6) is -3.71. The molecule has 5 atom stereocenters. The molecule has 1 saturated heterocycles. The van der Waals surface area contributed by atoms with Crippen molar-refractivity contribution in [1.29, 1.82) is 0 Å². The van der Waals surface area contributed by atoms with Crippen molar-refractivity contribution in [1.82, 2.24) is 5.32 Å². The standard InChI is InChI=1S/C14H19NO7/c16-7-10-11(17)12(18)14(21,22-10)15-9(13(19)20)6-8-4-2-1-3-5-8/h1-5,9-12,15-18,21H,6-7H2,(H,19,20)/t9-,10+,11+,12+,14+/m0/s1. The van der Waals surface area contributed by atoms with Crippen LogP contribution in [-0.2, 0) is 16.0 Å². The van der Waals surface area contributed by atoms with Crippen molar-refractivity contribution in [2.75, 3.05) is 6.61 Å². The molecule has 1 fully saturated rings. The van der Waals surface area contributed by atoms with Gasteiger partial charge in [0.15, 0.2) is 6.10 Å². The van der Waals surface area contributed by atoms with Crippen LogP contribution in [0.2, 0.25) is 0 Å². The highest BCUT2D eigenvalue weighted by Gasteiger charge is 2.54. The minimum Gasteiger partial charge on any atom is -0.480 e. The maximum atomic E-state index is 11.4. The Morgan fingerprint density at radius 1 is 1.32 bits per heavy atom. The van der Waals surface area contributed by atoms with Gasteiger partial charge < -0.3 is 30.3 Å². The molecule has 0 radical (unpaired) electrons. The number of aliphatic hydroxyl groups excluding tert-OH is 3. The number of hydrogen-bond acceptors (Lipinski definition) is 7. The molecule has 0 aliphatic carbocycles. The summed E-state index contributed by atoms with van der Waals surface area (Å²) < 4.78 is 4.97. The monoisotopic (exact) mass is 313 g/mol. The van der Waals surface area contributed by atoms with E-state index in [1.165, 1.54) is 0 Å². The fraction of sp³-hybridized carbons (Fsp3) is 0.500. The zero-order valence-corrected chi connectivity index (χ0v) is 11.7. The van der Waals surface area contributed by atoms with Crippen molar-refractivity contribution in [3.05, 3.63) is 35.9 Å². The molecule has 22 heavy (non-hydrogen) atoms. The van der Waals surface area contributed by atoms with Gasteiger partial charge in [0, 0.05) is 0 Å². The molecule has 8 heteroatoms. The lowest BCUT2D eigenvalue weighted by molar-refractivity contribution is -0.255. The summed E-state index contributed by atoms with van der Waals surface area (Å²) in [6, 6.07) is 7.46. The third-order valence-corrected chi connectivity index (χ3v) is 3.58. The van der Waals surface area contributed by atoms with Crippen molar-refractivity contribution in [3.63, 3.8) is 0 Å². The van der Waals surface area contributed by atoms with Gasteiger partial charge in [-0.05, 0) is 12.0 Å². The fourth-order valence-corrected chi connectivity index (χ4v) is 2.37. The van der Waals surface area contributed by atoms with Gasteiger partial charge in [0.2, 0.25) is 0 Å². The first kappa shape index (κ1) is 16.8.